The van der Waals surface area contributed by atoms with Crippen LogP contribution in [0.1, 0.15) is 129 Å². The van der Waals surface area contributed by atoms with Crippen molar-refractivity contribution in [3.63, 3.8) is 0 Å². The molecule has 2 rings (SSSR count). The van der Waals surface area contributed by atoms with E-state index in [4.69, 9.17) is 13.6 Å². The molecule has 1 atom stereocenters. The van der Waals surface area contributed by atoms with Crippen LogP contribution < -0.4 is 0 Å². The lowest BCUT2D eigenvalue weighted by Crippen LogP contribution is -2.71. The summed E-state index contributed by atoms with van der Waals surface area (Å²) >= 11 is 0. The van der Waals surface area contributed by atoms with Crippen LogP contribution in [-0.2, 0) is 18.1 Å². The van der Waals surface area contributed by atoms with Gasteiger partial charge in [0.1, 0.15) is 0 Å². The van der Waals surface area contributed by atoms with Crippen molar-refractivity contribution in [2.45, 2.75) is 135 Å². The number of phosphoric acid groups is 1. The molecule has 0 N–H and O–H groups in total. The SMILES string of the molecule is CCCCCCCCCCCCCCCCCCC1CCC[N+](C)(C)C12OP(=O)(OC)O2. The van der Waals surface area contributed by atoms with Gasteiger partial charge in [-0.3, -0.25) is 9.01 Å². The molecule has 6 heteroatoms. The lowest BCUT2D eigenvalue weighted by molar-refractivity contribution is -1.01. The molecule has 0 aromatic heterocycles. The third-order valence-corrected chi connectivity index (χ3v) is 9.16. The molecular formula is C26H53NO4P+. The molecule has 2 aliphatic heterocycles. The Morgan fingerprint density at radius 2 is 1.25 bits per heavy atom. The summed E-state index contributed by atoms with van der Waals surface area (Å²) < 4.78 is 29.7. The van der Waals surface area contributed by atoms with E-state index in [1.54, 1.807) is 0 Å². The summed E-state index contributed by atoms with van der Waals surface area (Å²) in [5.74, 6) is -0.464. The van der Waals surface area contributed by atoms with Crippen molar-refractivity contribution in [3.8, 4) is 0 Å². The smallest absolute Gasteiger partial charge is 0.290 e. The Hall–Kier alpha value is 0.0700. The van der Waals surface area contributed by atoms with Crippen molar-refractivity contribution >= 4 is 7.82 Å². The molecule has 0 bridgehead atoms. The summed E-state index contributed by atoms with van der Waals surface area (Å²) in [6.45, 7) is 3.27. The fourth-order valence-corrected chi connectivity index (χ4v) is 7.15. The van der Waals surface area contributed by atoms with Crippen molar-refractivity contribution in [2.24, 2.45) is 5.92 Å². The molecule has 5 nitrogen and oxygen atoms in total. The molecule has 0 saturated carbocycles. The largest absolute Gasteiger partial charge is 0.488 e. The minimum Gasteiger partial charge on any atom is -0.290 e. The number of hydrogen-bond donors (Lipinski definition) is 0. The molecular weight excluding hydrogens is 421 g/mol. The third-order valence-electron chi connectivity index (χ3n) is 7.74. The van der Waals surface area contributed by atoms with Crippen LogP contribution in [0.15, 0.2) is 0 Å². The highest BCUT2D eigenvalue weighted by Gasteiger charge is 2.71. The highest BCUT2D eigenvalue weighted by Crippen LogP contribution is 2.70. The molecule has 0 radical (unpaired) electrons. The number of nitrogens with zero attached hydrogens (tertiary/aromatic N) is 1. The maximum atomic E-state index is 12.3. The van der Waals surface area contributed by atoms with Crippen LogP contribution >= 0.6 is 7.82 Å². The van der Waals surface area contributed by atoms with Crippen LogP contribution in [0, 0.1) is 5.92 Å². The van der Waals surface area contributed by atoms with Gasteiger partial charge >= 0.3 is 13.7 Å². The number of quaternary nitrogens is 1. The Morgan fingerprint density at radius 3 is 1.69 bits per heavy atom. The van der Waals surface area contributed by atoms with Gasteiger partial charge < -0.3 is 0 Å². The fraction of sp³-hybridized carbons (Fsp3) is 1.00. The average Bonchev–Trinajstić information content (AvgIpc) is 2.74. The standard InChI is InChI=1S/C26H53NO4P/c1-5-6-7-8-9-10-11-12-13-14-15-16-17-18-19-20-22-25-23-21-24-27(2,3)26(25)30-32(28,29-4)31-26/h25H,5-24H2,1-4H3/q+1. The normalized spacial score (nSPS) is 29.3. The first-order valence-electron chi connectivity index (χ1n) is 13.8. The van der Waals surface area contributed by atoms with E-state index in [1.807, 2.05) is 0 Å². The highest BCUT2D eigenvalue weighted by molar-refractivity contribution is 7.49. The zero-order chi connectivity index (χ0) is 23.3. The van der Waals surface area contributed by atoms with Gasteiger partial charge in [0.05, 0.1) is 26.6 Å². The Balaban J connectivity index is 1.46. The lowest BCUT2D eigenvalue weighted by atomic mass is 9.87. The monoisotopic (exact) mass is 474 g/mol. The summed E-state index contributed by atoms with van der Waals surface area (Å²) in [4.78, 5) is 0. The van der Waals surface area contributed by atoms with Crippen LogP contribution in [0.2, 0.25) is 0 Å². The van der Waals surface area contributed by atoms with Crippen molar-refractivity contribution < 1.29 is 22.6 Å². The minimum atomic E-state index is -3.32. The molecule has 2 heterocycles. The zero-order valence-corrected chi connectivity index (χ0v) is 22.6. The van der Waals surface area contributed by atoms with Crippen molar-refractivity contribution in [2.75, 3.05) is 27.7 Å². The van der Waals surface area contributed by atoms with Crippen LogP contribution in [0.4, 0.5) is 0 Å². The molecule has 0 amide bonds. The number of piperidine rings is 1. The average molecular weight is 475 g/mol. The molecule has 2 fully saturated rings. The number of hydrogen-bond acceptors (Lipinski definition) is 4. The second kappa shape index (κ2) is 14.5. The number of likely N-dealkylation sites (tertiary alicyclic amines) is 1. The molecule has 1 spiro atoms. The van der Waals surface area contributed by atoms with Gasteiger partial charge in [-0.25, -0.2) is 13.6 Å². The second-order valence-corrected chi connectivity index (χ2v) is 12.4. The van der Waals surface area contributed by atoms with Gasteiger partial charge in [-0.05, 0) is 19.3 Å². The first kappa shape index (κ1) is 28.3. The Kier molecular flexibility index (Phi) is 12.8. The summed E-state index contributed by atoms with van der Waals surface area (Å²) in [5.41, 5.74) is 0. The first-order chi connectivity index (χ1) is 15.4. The van der Waals surface area contributed by atoms with E-state index >= 15 is 0 Å². The van der Waals surface area contributed by atoms with Crippen LogP contribution in [0.3, 0.4) is 0 Å². The number of phosphoric ester groups is 1. The number of rotatable bonds is 18. The van der Waals surface area contributed by atoms with Crippen LogP contribution in [0.5, 0.6) is 0 Å². The summed E-state index contributed by atoms with van der Waals surface area (Å²) in [6.07, 6.45) is 25.6. The van der Waals surface area contributed by atoms with E-state index in [-0.39, 0.29) is 0 Å². The lowest BCUT2D eigenvalue weighted by Gasteiger charge is -2.58. The maximum Gasteiger partial charge on any atom is 0.488 e. The van der Waals surface area contributed by atoms with E-state index in [0.717, 1.165) is 19.4 Å². The fourth-order valence-electron chi connectivity index (χ4n) is 5.60. The molecule has 0 aromatic rings. The Labute approximate surface area is 199 Å². The minimum absolute atomic E-state index is 0.301. The van der Waals surface area contributed by atoms with Gasteiger partial charge in [-0.15, -0.1) is 0 Å². The predicted molar refractivity (Wildman–Crippen MR) is 133 cm³/mol. The van der Waals surface area contributed by atoms with E-state index in [0.29, 0.717) is 10.4 Å². The summed E-state index contributed by atoms with van der Waals surface area (Å²) in [5, 5.41) is 0. The van der Waals surface area contributed by atoms with Gasteiger partial charge in [0.2, 0.25) is 0 Å². The topological polar surface area (TPSA) is 44.8 Å². The molecule has 2 saturated heterocycles. The molecule has 190 valence electrons. The summed E-state index contributed by atoms with van der Waals surface area (Å²) in [6, 6.07) is 0. The second-order valence-electron chi connectivity index (χ2n) is 10.8. The Bertz CT molecular complexity index is 544. The maximum absolute atomic E-state index is 12.3. The number of unbranched alkanes of at least 4 members (excludes halogenated alkanes) is 15. The van der Waals surface area contributed by atoms with Gasteiger partial charge in [0.25, 0.3) is 0 Å². The van der Waals surface area contributed by atoms with Gasteiger partial charge in [0, 0.05) is 7.11 Å². The van der Waals surface area contributed by atoms with Gasteiger partial charge in [-0.2, -0.15) is 0 Å². The molecule has 1 unspecified atom stereocenters. The molecule has 2 aliphatic rings. The summed E-state index contributed by atoms with van der Waals surface area (Å²) in [7, 11) is 2.34. The van der Waals surface area contributed by atoms with Gasteiger partial charge in [0.15, 0.2) is 0 Å². The molecule has 32 heavy (non-hydrogen) atoms. The van der Waals surface area contributed by atoms with Crippen molar-refractivity contribution in [1.82, 2.24) is 0 Å². The Morgan fingerprint density at radius 1 is 0.812 bits per heavy atom. The molecule has 0 aromatic carbocycles. The van der Waals surface area contributed by atoms with E-state index < -0.39 is 13.7 Å². The van der Waals surface area contributed by atoms with Crippen molar-refractivity contribution in [3.05, 3.63) is 0 Å². The van der Waals surface area contributed by atoms with Crippen LogP contribution in [0.25, 0.3) is 0 Å². The first-order valence-corrected chi connectivity index (χ1v) is 15.3. The predicted octanol–water partition coefficient (Wildman–Crippen LogP) is 8.58. The van der Waals surface area contributed by atoms with E-state index in [2.05, 4.69) is 21.0 Å². The van der Waals surface area contributed by atoms with Crippen molar-refractivity contribution in [1.29, 1.82) is 0 Å². The van der Waals surface area contributed by atoms with E-state index in [9.17, 15) is 4.57 Å². The molecule has 0 aliphatic carbocycles. The zero-order valence-electron chi connectivity index (χ0n) is 21.7. The third kappa shape index (κ3) is 8.38. The highest BCUT2D eigenvalue weighted by atomic mass is 31.2. The quantitative estimate of drug-likeness (QED) is 0.113. The van der Waals surface area contributed by atoms with Crippen LogP contribution in [-0.4, -0.2) is 38.1 Å². The van der Waals surface area contributed by atoms with E-state index in [1.165, 1.54) is 116 Å². The van der Waals surface area contributed by atoms with Gasteiger partial charge in [-0.1, -0.05) is 110 Å².